The van der Waals surface area contributed by atoms with Gasteiger partial charge in [0.25, 0.3) is 0 Å². The zero-order chi connectivity index (χ0) is 20.1. The van der Waals surface area contributed by atoms with Gasteiger partial charge >= 0.3 is 0 Å². The number of benzene rings is 2. The van der Waals surface area contributed by atoms with Gasteiger partial charge in [-0.15, -0.1) is 10.2 Å². The quantitative estimate of drug-likeness (QED) is 0.345. The first-order valence-corrected chi connectivity index (χ1v) is 10.5. The van der Waals surface area contributed by atoms with E-state index in [0.717, 1.165) is 29.4 Å². The Morgan fingerprint density at radius 2 is 1.90 bits per heavy atom. The van der Waals surface area contributed by atoms with Gasteiger partial charge in [0.15, 0.2) is 5.65 Å². The third-order valence-electron chi connectivity index (χ3n) is 4.62. The van der Waals surface area contributed by atoms with Crippen molar-refractivity contribution >= 4 is 45.4 Å². The van der Waals surface area contributed by atoms with Crippen molar-refractivity contribution in [3.8, 4) is 0 Å². The highest BCUT2D eigenvalue weighted by molar-refractivity contribution is 7.99. The molecule has 0 aliphatic rings. The van der Waals surface area contributed by atoms with Crippen LogP contribution in [0.5, 0.6) is 0 Å². The van der Waals surface area contributed by atoms with Crippen molar-refractivity contribution in [2.75, 3.05) is 30.8 Å². The van der Waals surface area contributed by atoms with Crippen molar-refractivity contribution in [2.24, 2.45) is 0 Å². The molecule has 2 aromatic carbocycles. The second kappa shape index (κ2) is 8.91. The lowest BCUT2D eigenvalue weighted by Gasteiger charge is -2.19. The van der Waals surface area contributed by atoms with Crippen LogP contribution >= 0.6 is 11.8 Å². The summed E-state index contributed by atoms with van der Waals surface area (Å²) in [5, 5.41) is 12.9. The number of rotatable bonds is 8. The maximum Gasteiger partial charge on any atom is 0.230 e. The van der Waals surface area contributed by atoms with Crippen LogP contribution in [0.4, 0.5) is 5.69 Å². The molecule has 2 N–H and O–H groups in total. The molecule has 1 amide bonds. The van der Waals surface area contributed by atoms with E-state index in [1.807, 2.05) is 42.5 Å². The van der Waals surface area contributed by atoms with Gasteiger partial charge in [0.2, 0.25) is 11.1 Å². The fourth-order valence-electron chi connectivity index (χ4n) is 3.10. The molecular formula is C21H22N6OS. The van der Waals surface area contributed by atoms with Crippen molar-refractivity contribution in [1.29, 1.82) is 0 Å². The van der Waals surface area contributed by atoms with Crippen LogP contribution in [-0.4, -0.2) is 52.0 Å². The number of nitrogens with zero attached hydrogens (tertiary/aromatic N) is 4. The number of carbonyl (C=O) groups excluding carboxylic acids is 1. The van der Waals surface area contributed by atoms with Crippen molar-refractivity contribution < 1.29 is 4.79 Å². The molecule has 0 aliphatic carbocycles. The molecule has 2 heterocycles. The third-order valence-corrected chi connectivity index (χ3v) is 5.46. The summed E-state index contributed by atoms with van der Waals surface area (Å²) < 4.78 is 0. The topological polar surface area (TPSA) is 86.8 Å². The SMILES string of the molecule is CN(CCCNC(=O)CSc1nnc2c(n1)[nH]c1ccccc12)c1ccccc1. The molecule has 0 spiro atoms. The maximum atomic E-state index is 12.1. The lowest BCUT2D eigenvalue weighted by atomic mass is 10.2. The van der Waals surface area contributed by atoms with Crippen LogP contribution in [0, 0.1) is 0 Å². The number of fused-ring (bicyclic) bond motifs is 3. The second-order valence-corrected chi connectivity index (χ2v) is 7.65. The molecule has 0 atom stereocenters. The van der Waals surface area contributed by atoms with Gasteiger partial charge in [-0.1, -0.05) is 48.2 Å². The minimum absolute atomic E-state index is 0.0299. The van der Waals surface area contributed by atoms with Gasteiger partial charge in [0.1, 0.15) is 5.52 Å². The summed E-state index contributed by atoms with van der Waals surface area (Å²) in [6.07, 6.45) is 0.876. The van der Waals surface area contributed by atoms with E-state index in [4.69, 9.17) is 0 Å². The molecule has 7 nitrogen and oxygen atoms in total. The number of nitrogens with one attached hydrogen (secondary N) is 2. The molecule has 29 heavy (non-hydrogen) atoms. The van der Waals surface area contributed by atoms with E-state index in [1.165, 1.54) is 17.4 Å². The summed E-state index contributed by atoms with van der Waals surface area (Å²) in [6, 6.07) is 18.1. The molecule has 4 rings (SSSR count). The lowest BCUT2D eigenvalue weighted by molar-refractivity contribution is -0.118. The van der Waals surface area contributed by atoms with Crippen molar-refractivity contribution in [1.82, 2.24) is 25.5 Å². The number of H-pyrrole nitrogens is 1. The van der Waals surface area contributed by atoms with Gasteiger partial charge in [-0.05, 0) is 24.6 Å². The first-order valence-electron chi connectivity index (χ1n) is 9.47. The van der Waals surface area contributed by atoms with Crippen LogP contribution < -0.4 is 10.2 Å². The van der Waals surface area contributed by atoms with Gasteiger partial charge < -0.3 is 15.2 Å². The molecule has 8 heteroatoms. The zero-order valence-corrected chi connectivity index (χ0v) is 16.9. The van der Waals surface area contributed by atoms with Crippen molar-refractivity contribution in [2.45, 2.75) is 11.6 Å². The molecule has 0 saturated carbocycles. The number of hydrogen-bond donors (Lipinski definition) is 2. The number of hydrogen-bond acceptors (Lipinski definition) is 6. The number of amides is 1. The fourth-order valence-corrected chi connectivity index (χ4v) is 3.72. The highest BCUT2D eigenvalue weighted by Gasteiger charge is 2.10. The number of carbonyl (C=O) groups is 1. The molecule has 0 fully saturated rings. The highest BCUT2D eigenvalue weighted by Crippen LogP contribution is 2.23. The van der Waals surface area contributed by atoms with E-state index < -0.39 is 0 Å². The fraction of sp³-hybridized carbons (Fsp3) is 0.238. The monoisotopic (exact) mass is 406 g/mol. The van der Waals surface area contributed by atoms with E-state index in [9.17, 15) is 4.79 Å². The Morgan fingerprint density at radius 3 is 2.76 bits per heavy atom. The number of aromatic amines is 1. The average molecular weight is 407 g/mol. The molecule has 0 aliphatic heterocycles. The molecule has 0 radical (unpaired) electrons. The summed E-state index contributed by atoms with van der Waals surface area (Å²) in [5.74, 6) is 0.236. The molecule has 2 aromatic heterocycles. The normalized spacial score (nSPS) is 11.1. The predicted molar refractivity (Wildman–Crippen MR) is 117 cm³/mol. The summed E-state index contributed by atoms with van der Waals surface area (Å²) >= 11 is 1.29. The smallest absolute Gasteiger partial charge is 0.230 e. The summed E-state index contributed by atoms with van der Waals surface area (Å²) in [4.78, 5) is 22.0. The van der Waals surface area contributed by atoms with Gasteiger partial charge in [-0.2, -0.15) is 0 Å². The number of aromatic nitrogens is 4. The summed E-state index contributed by atoms with van der Waals surface area (Å²) in [6.45, 7) is 1.51. The van der Waals surface area contributed by atoms with E-state index >= 15 is 0 Å². The highest BCUT2D eigenvalue weighted by atomic mass is 32.2. The standard InChI is InChI=1S/C21H22N6OS/c1-27(15-8-3-2-4-9-15)13-7-12-22-18(28)14-29-21-24-20-19(25-26-21)16-10-5-6-11-17(16)23-20/h2-6,8-11H,7,12-14H2,1H3,(H,22,28)(H,23,24,26). The van der Waals surface area contributed by atoms with E-state index in [0.29, 0.717) is 17.3 Å². The first-order chi connectivity index (χ1) is 14.2. The Kier molecular flexibility index (Phi) is 5.90. The van der Waals surface area contributed by atoms with Crippen LogP contribution in [0.1, 0.15) is 6.42 Å². The lowest BCUT2D eigenvalue weighted by Crippen LogP contribution is -2.29. The van der Waals surface area contributed by atoms with Crippen molar-refractivity contribution in [3.05, 3.63) is 54.6 Å². The molecule has 0 unspecified atom stereocenters. The molecule has 148 valence electrons. The van der Waals surface area contributed by atoms with Crippen LogP contribution in [0.25, 0.3) is 22.1 Å². The third kappa shape index (κ3) is 4.65. The van der Waals surface area contributed by atoms with E-state index in [2.05, 4.69) is 49.6 Å². The van der Waals surface area contributed by atoms with E-state index in [-0.39, 0.29) is 11.7 Å². The second-order valence-electron chi connectivity index (χ2n) is 6.71. The van der Waals surface area contributed by atoms with Gasteiger partial charge in [0.05, 0.1) is 5.75 Å². The molecule has 0 bridgehead atoms. The first kappa shape index (κ1) is 19.2. The summed E-state index contributed by atoms with van der Waals surface area (Å²) in [5.41, 5.74) is 3.58. The number of para-hydroxylation sites is 2. The molecule has 0 saturated heterocycles. The van der Waals surface area contributed by atoms with Crippen LogP contribution in [0.15, 0.2) is 59.8 Å². The van der Waals surface area contributed by atoms with Gasteiger partial charge in [-0.25, -0.2) is 4.98 Å². The average Bonchev–Trinajstić information content (AvgIpc) is 3.13. The van der Waals surface area contributed by atoms with Gasteiger partial charge in [-0.3, -0.25) is 4.79 Å². The van der Waals surface area contributed by atoms with E-state index in [1.54, 1.807) is 0 Å². The number of thioether (sulfide) groups is 1. The predicted octanol–water partition coefficient (Wildman–Crippen LogP) is 3.24. The number of anilines is 1. The zero-order valence-electron chi connectivity index (χ0n) is 16.1. The van der Waals surface area contributed by atoms with Crippen molar-refractivity contribution in [3.63, 3.8) is 0 Å². The maximum absolute atomic E-state index is 12.1. The van der Waals surface area contributed by atoms with Crippen LogP contribution in [0.3, 0.4) is 0 Å². The van der Waals surface area contributed by atoms with Gasteiger partial charge in [0, 0.05) is 36.7 Å². The minimum Gasteiger partial charge on any atom is -0.375 e. The molecular weight excluding hydrogens is 384 g/mol. The Labute approximate surface area is 172 Å². The summed E-state index contributed by atoms with van der Waals surface area (Å²) in [7, 11) is 2.05. The Hall–Kier alpha value is -3.13. The largest absolute Gasteiger partial charge is 0.375 e. The Bertz CT molecular complexity index is 1110. The Balaban J connectivity index is 1.24. The minimum atomic E-state index is -0.0299. The Morgan fingerprint density at radius 1 is 1.10 bits per heavy atom. The van der Waals surface area contributed by atoms with Crippen LogP contribution in [-0.2, 0) is 4.79 Å². The van der Waals surface area contributed by atoms with Crippen LogP contribution in [0.2, 0.25) is 0 Å². The molecule has 4 aromatic rings.